The van der Waals surface area contributed by atoms with Crippen LogP contribution in [0.3, 0.4) is 0 Å². The molecule has 1 aromatic rings. The van der Waals surface area contributed by atoms with E-state index in [2.05, 4.69) is 9.47 Å². The van der Waals surface area contributed by atoms with E-state index in [1.165, 1.54) is 12.1 Å². The summed E-state index contributed by atoms with van der Waals surface area (Å²) in [6.07, 6.45) is -6.47. The third-order valence-electron chi connectivity index (χ3n) is 1.83. The van der Waals surface area contributed by atoms with Crippen LogP contribution in [0, 0.1) is 0 Å². The van der Waals surface area contributed by atoms with E-state index < -0.39 is 24.2 Å². The fourth-order valence-corrected chi connectivity index (χ4v) is 1.13. The lowest BCUT2D eigenvalue weighted by atomic mass is 10.1. The van der Waals surface area contributed by atoms with Gasteiger partial charge >= 0.3 is 12.3 Å². The molecular formula is C10H9F3O4. The Kier molecular flexibility index (Phi) is 3.95. The average molecular weight is 250 g/mol. The Morgan fingerprint density at radius 1 is 1.41 bits per heavy atom. The van der Waals surface area contributed by atoms with Gasteiger partial charge in [-0.25, -0.2) is 4.79 Å². The van der Waals surface area contributed by atoms with E-state index in [1.807, 2.05) is 0 Å². The summed E-state index contributed by atoms with van der Waals surface area (Å²) in [5.41, 5.74) is -0.0430. The molecule has 0 amide bonds. The first-order valence-corrected chi connectivity index (χ1v) is 4.45. The van der Waals surface area contributed by atoms with Crippen LogP contribution in [0.1, 0.15) is 11.7 Å². The van der Waals surface area contributed by atoms with Crippen LogP contribution in [0.4, 0.5) is 13.2 Å². The molecule has 0 aromatic heterocycles. The van der Waals surface area contributed by atoms with Crippen molar-refractivity contribution in [1.82, 2.24) is 0 Å². The normalized spacial score (nSPS) is 13.0. The quantitative estimate of drug-likeness (QED) is 0.831. The highest BCUT2D eigenvalue weighted by Crippen LogP contribution is 2.25. The minimum atomic E-state index is -4.82. The summed E-state index contributed by atoms with van der Waals surface area (Å²) in [5, 5.41) is 9.40. The lowest BCUT2D eigenvalue weighted by Gasteiger charge is -2.12. The second-order valence-electron chi connectivity index (χ2n) is 3.05. The van der Waals surface area contributed by atoms with Crippen molar-refractivity contribution < 1.29 is 32.5 Å². The lowest BCUT2D eigenvalue weighted by Crippen LogP contribution is -2.18. The van der Waals surface area contributed by atoms with Gasteiger partial charge in [-0.15, -0.1) is 13.2 Å². The molecule has 1 aromatic carbocycles. The summed E-state index contributed by atoms with van der Waals surface area (Å²) in [6.45, 7) is 0. The average Bonchev–Trinajstić information content (AvgIpc) is 2.25. The maximum Gasteiger partial charge on any atom is 0.573 e. The first-order chi connectivity index (χ1) is 7.83. The maximum absolute atomic E-state index is 11.9. The van der Waals surface area contributed by atoms with Crippen molar-refractivity contribution in [3.63, 3.8) is 0 Å². The van der Waals surface area contributed by atoms with Gasteiger partial charge in [-0.3, -0.25) is 0 Å². The largest absolute Gasteiger partial charge is 0.573 e. The Morgan fingerprint density at radius 3 is 2.59 bits per heavy atom. The molecule has 17 heavy (non-hydrogen) atoms. The molecule has 1 atom stereocenters. The number of aliphatic hydroxyl groups is 1. The molecule has 0 spiro atoms. The molecule has 1 rings (SSSR count). The van der Waals surface area contributed by atoms with Crippen molar-refractivity contribution >= 4 is 5.97 Å². The van der Waals surface area contributed by atoms with Crippen molar-refractivity contribution in [3.05, 3.63) is 29.8 Å². The summed E-state index contributed by atoms with van der Waals surface area (Å²) in [5.74, 6) is -1.48. The van der Waals surface area contributed by atoms with Gasteiger partial charge in [0.05, 0.1) is 7.11 Å². The molecule has 0 aliphatic carbocycles. The number of aliphatic hydroxyl groups excluding tert-OH is 1. The number of rotatable bonds is 3. The second kappa shape index (κ2) is 5.05. The second-order valence-corrected chi connectivity index (χ2v) is 3.05. The van der Waals surface area contributed by atoms with Crippen LogP contribution < -0.4 is 4.74 Å². The number of esters is 1. The molecule has 0 saturated heterocycles. The van der Waals surface area contributed by atoms with Gasteiger partial charge in [0, 0.05) is 0 Å². The summed E-state index contributed by atoms with van der Waals surface area (Å²) in [4.78, 5) is 11.0. The Labute approximate surface area is 94.6 Å². The molecule has 0 radical (unpaired) electrons. The number of alkyl halides is 3. The van der Waals surface area contributed by atoms with Gasteiger partial charge in [-0.1, -0.05) is 12.1 Å². The Bertz CT molecular complexity index is 403. The zero-order valence-corrected chi connectivity index (χ0v) is 8.69. The summed E-state index contributed by atoms with van der Waals surface area (Å²) in [7, 11) is 1.06. The minimum absolute atomic E-state index is 0.0430. The standard InChI is InChI=1S/C10H9F3O4/c1-16-9(15)8(14)6-3-2-4-7(5-6)17-10(11,12)13/h2-5,8,14H,1H3/t8-/m1/s1. The molecule has 0 bridgehead atoms. The zero-order chi connectivity index (χ0) is 13.1. The van der Waals surface area contributed by atoms with Gasteiger partial charge in [0.2, 0.25) is 0 Å². The Balaban J connectivity index is 2.89. The molecule has 0 heterocycles. The zero-order valence-electron chi connectivity index (χ0n) is 8.69. The summed E-state index contributed by atoms with van der Waals surface area (Å²) in [6, 6.07) is 4.48. The molecule has 0 fully saturated rings. The fraction of sp³-hybridized carbons (Fsp3) is 0.300. The highest BCUT2D eigenvalue weighted by molar-refractivity contribution is 5.76. The molecule has 4 nitrogen and oxygen atoms in total. The predicted octanol–water partition coefficient (Wildman–Crippen LogP) is 1.79. The fourth-order valence-electron chi connectivity index (χ4n) is 1.13. The molecule has 94 valence electrons. The van der Waals surface area contributed by atoms with Crippen LogP contribution in [0.5, 0.6) is 5.75 Å². The van der Waals surface area contributed by atoms with Gasteiger partial charge in [-0.05, 0) is 17.7 Å². The number of halogens is 3. The van der Waals surface area contributed by atoms with Gasteiger partial charge < -0.3 is 14.6 Å². The topological polar surface area (TPSA) is 55.8 Å². The van der Waals surface area contributed by atoms with Crippen molar-refractivity contribution in [3.8, 4) is 5.75 Å². The highest BCUT2D eigenvalue weighted by Gasteiger charge is 2.31. The number of hydrogen-bond donors (Lipinski definition) is 1. The Morgan fingerprint density at radius 2 is 2.06 bits per heavy atom. The molecule has 0 unspecified atom stereocenters. The lowest BCUT2D eigenvalue weighted by molar-refractivity contribution is -0.274. The van der Waals surface area contributed by atoms with Crippen LogP contribution in [0.2, 0.25) is 0 Å². The van der Waals surface area contributed by atoms with Gasteiger partial charge in [0.15, 0.2) is 6.10 Å². The summed E-state index contributed by atoms with van der Waals surface area (Å²) >= 11 is 0. The molecule has 7 heteroatoms. The highest BCUT2D eigenvalue weighted by atomic mass is 19.4. The van der Waals surface area contributed by atoms with Crippen LogP contribution in [-0.4, -0.2) is 24.5 Å². The van der Waals surface area contributed by atoms with Crippen molar-refractivity contribution in [1.29, 1.82) is 0 Å². The number of ether oxygens (including phenoxy) is 2. The number of benzene rings is 1. The maximum atomic E-state index is 11.9. The van der Waals surface area contributed by atoms with Gasteiger partial charge in [-0.2, -0.15) is 0 Å². The number of carbonyl (C=O) groups excluding carboxylic acids is 1. The van der Waals surface area contributed by atoms with E-state index in [4.69, 9.17) is 0 Å². The van der Waals surface area contributed by atoms with Crippen molar-refractivity contribution in [2.75, 3.05) is 7.11 Å². The summed E-state index contributed by atoms with van der Waals surface area (Å²) < 4.78 is 43.7. The third-order valence-corrected chi connectivity index (χ3v) is 1.83. The number of hydrogen-bond acceptors (Lipinski definition) is 4. The molecule has 0 saturated carbocycles. The minimum Gasteiger partial charge on any atom is -0.467 e. The predicted molar refractivity (Wildman–Crippen MR) is 50.1 cm³/mol. The van der Waals surface area contributed by atoms with Crippen LogP contribution >= 0.6 is 0 Å². The van der Waals surface area contributed by atoms with E-state index in [9.17, 15) is 23.1 Å². The van der Waals surface area contributed by atoms with Gasteiger partial charge in [0.1, 0.15) is 5.75 Å². The number of methoxy groups -OCH3 is 1. The van der Waals surface area contributed by atoms with E-state index in [-0.39, 0.29) is 5.56 Å². The van der Waals surface area contributed by atoms with Crippen LogP contribution in [0.25, 0.3) is 0 Å². The first kappa shape index (κ1) is 13.3. The molecular weight excluding hydrogens is 241 g/mol. The van der Waals surface area contributed by atoms with Crippen molar-refractivity contribution in [2.45, 2.75) is 12.5 Å². The van der Waals surface area contributed by atoms with E-state index in [0.29, 0.717) is 0 Å². The monoisotopic (exact) mass is 250 g/mol. The molecule has 0 aliphatic rings. The smallest absolute Gasteiger partial charge is 0.467 e. The van der Waals surface area contributed by atoms with Crippen molar-refractivity contribution in [2.24, 2.45) is 0 Å². The molecule has 0 aliphatic heterocycles. The van der Waals surface area contributed by atoms with Gasteiger partial charge in [0.25, 0.3) is 0 Å². The van der Waals surface area contributed by atoms with E-state index in [1.54, 1.807) is 0 Å². The third kappa shape index (κ3) is 3.95. The SMILES string of the molecule is COC(=O)[C@H](O)c1cccc(OC(F)(F)F)c1. The van der Waals surface area contributed by atoms with E-state index in [0.717, 1.165) is 19.2 Å². The van der Waals surface area contributed by atoms with Crippen LogP contribution in [-0.2, 0) is 9.53 Å². The first-order valence-electron chi connectivity index (χ1n) is 4.45. The van der Waals surface area contributed by atoms with Crippen LogP contribution in [0.15, 0.2) is 24.3 Å². The molecule has 1 N–H and O–H groups in total. The Hall–Kier alpha value is -1.76. The number of carbonyl (C=O) groups is 1. The van der Waals surface area contributed by atoms with E-state index >= 15 is 0 Å².